The topological polar surface area (TPSA) is 92.4 Å². The molecular formula is C18H18N2O4S. The van der Waals surface area contributed by atoms with E-state index < -0.39 is 11.9 Å². The number of rotatable bonds is 5. The molecule has 0 spiro atoms. The van der Waals surface area contributed by atoms with Crippen LogP contribution in [-0.4, -0.2) is 22.0 Å². The van der Waals surface area contributed by atoms with Crippen LogP contribution in [0.2, 0.25) is 0 Å². The van der Waals surface area contributed by atoms with Gasteiger partial charge in [0, 0.05) is 5.39 Å². The summed E-state index contributed by atoms with van der Waals surface area (Å²) in [5.74, 6) is -1.07. The normalized spacial score (nSPS) is 13.6. The van der Waals surface area contributed by atoms with Gasteiger partial charge >= 0.3 is 5.97 Å². The van der Waals surface area contributed by atoms with Crippen LogP contribution in [0.4, 0.5) is 0 Å². The largest absolute Gasteiger partial charge is 0.477 e. The van der Waals surface area contributed by atoms with Crippen molar-refractivity contribution in [2.75, 3.05) is 0 Å². The number of nitrogens with one attached hydrogen (secondary N) is 1. The second-order valence-corrected chi connectivity index (χ2v) is 6.94. The van der Waals surface area contributed by atoms with Crippen molar-refractivity contribution in [3.05, 3.63) is 51.7 Å². The van der Waals surface area contributed by atoms with Gasteiger partial charge in [0.25, 0.3) is 0 Å². The molecule has 2 unspecified atom stereocenters. The lowest BCUT2D eigenvalue weighted by Gasteiger charge is -2.14. The van der Waals surface area contributed by atoms with Gasteiger partial charge in [-0.05, 0) is 32.9 Å². The Kier molecular flexibility index (Phi) is 4.59. The van der Waals surface area contributed by atoms with Crippen molar-refractivity contribution in [2.24, 2.45) is 0 Å². The zero-order valence-electron chi connectivity index (χ0n) is 14.1. The van der Waals surface area contributed by atoms with Crippen molar-refractivity contribution < 1.29 is 19.1 Å². The molecule has 0 radical (unpaired) electrons. The number of hydrogen-bond acceptors (Lipinski definition) is 5. The molecule has 0 saturated carbocycles. The molecule has 25 heavy (non-hydrogen) atoms. The van der Waals surface area contributed by atoms with Crippen LogP contribution in [0.3, 0.4) is 0 Å². The Balaban J connectivity index is 1.74. The number of nitrogens with zero attached hydrogens (tertiary/aromatic N) is 1. The van der Waals surface area contributed by atoms with Gasteiger partial charge in [-0.15, -0.1) is 11.3 Å². The highest BCUT2D eigenvalue weighted by atomic mass is 32.1. The van der Waals surface area contributed by atoms with Gasteiger partial charge in [0.15, 0.2) is 0 Å². The number of carboxylic acid groups (broad SMARTS) is 1. The zero-order valence-corrected chi connectivity index (χ0v) is 14.9. The van der Waals surface area contributed by atoms with E-state index in [0.29, 0.717) is 16.5 Å². The summed E-state index contributed by atoms with van der Waals surface area (Å²) in [5.41, 5.74) is 1.20. The number of benzene rings is 1. The van der Waals surface area contributed by atoms with Gasteiger partial charge in [-0.1, -0.05) is 18.2 Å². The van der Waals surface area contributed by atoms with Crippen LogP contribution in [-0.2, 0) is 4.79 Å². The fraction of sp³-hybridized carbons (Fsp3) is 0.278. The van der Waals surface area contributed by atoms with E-state index in [1.807, 2.05) is 30.3 Å². The Labute approximate surface area is 148 Å². The van der Waals surface area contributed by atoms with Crippen molar-refractivity contribution in [1.29, 1.82) is 0 Å². The first-order chi connectivity index (χ1) is 11.9. The van der Waals surface area contributed by atoms with Crippen LogP contribution >= 0.6 is 11.3 Å². The Hall–Kier alpha value is -2.67. The molecule has 0 aliphatic heterocycles. The molecule has 6 nitrogen and oxygen atoms in total. The number of hydrogen-bond donors (Lipinski definition) is 2. The van der Waals surface area contributed by atoms with Crippen LogP contribution in [0.5, 0.6) is 0 Å². The summed E-state index contributed by atoms with van der Waals surface area (Å²) in [6.45, 7) is 5.21. The first-order valence-electron chi connectivity index (χ1n) is 7.86. The van der Waals surface area contributed by atoms with Gasteiger partial charge in [-0.25, -0.2) is 9.78 Å². The molecule has 1 aromatic carbocycles. The van der Waals surface area contributed by atoms with Crippen molar-refractivity contribution in [3.63, 3.8) is 0 Å². The Morgan fingerprint density at radius 3 is 2.64 bits per heavy atom. The predicted octanol–water partition coefficient (Wildman–Crippen LogP) is 3.88. The molecule has 0 fully saturated rings. The fourth-order valence-corrected chi connectivity index (χ4v) is 3.45. The highest BCUT2D eigenvalue weighted by Crippen LogP contribution is 2.27. The minimum Gasteiger partial charge on any atom is -0.477 e. The smallest absolute Gasteiger partial charge is 0.347 e. The van der Waals surface area contributed by atoms with Crippen LogP contribution in [0.15, 0.2) is 34.7 Å². The summed E-state index contributed by atoms with van der Waals surface area (Å²) in [6.07, 6.45) is 0. The maximum Gasteiger partial charge on any atom is 0.347 e. The number of carbonyl (C=O) groups excluding carboxylic acids is 1. The molecule has 1 amide bonds. The first kappa shape index (κ1) is 17.2. The van der Waals surface area contributed by atoms with E-state index in [4.69, 9.17) is 9.52 Å². The minimum atomic E-state index is -1.00. The lowest BCUT2D eigenvalue weighted by Crippen LogP contribution is -2.30. The summed E-state index contributed by atoms with van der Waals surface area (Å²) in [5, 5.41) is 13.5. The van der Waals surface area contributed by atoms with Crippen LogP contribution in [0, 0.1) is 6.92 Å². The van der Waals surface area contributed by atoms with Gasteiger partial charge < -0.3 is 14.8 Å². The molecule has 0 aliphatic carbocycles. The molecule has 2 N–H and O–H groups in total. The highest BCUT2D eigenvalue weighted by molar-refractivity contribution is 7.13. The fourth-order valence-electron chi connectivity index (χ4n) is 2.55. The number of aryl methyl sites for hydroxylation is 1. The summed E-state index contributed by atoms with van der Waals surface area (Å²) >= 11 is 1.08. The number of thiazole rings is 1. The van der Waals surface area contributed by atoms with E-state index in [9.17, 15) is 9.59 Å². The number of aromatic carboxylic acids is 1. The molecule has 0 bridgehead atoms. The van der Waals surface area contributed by atoms with E-state index in [-0.39, 0.29) is 16.8 Å². The maximum atomic E-state index is 12.5. The lowest BCUT2D eigenvalue weighted by molar-refractivity contribution is -0.123. The molecule has 2 atom stereocenters. The summed E-state index contributed by atoms with van der Waals surface area (Å²) in [4.78, 5) is 28.1. The van der Waals surface area contributed by atoms with Crippen LogP contribution in [0.25, 0.3) is 11.0 Å². The molecule has 2 heterocycles. The number of carbonyl (C=O) groups is 2. The second-order valence-electron chi connectivity index (χ2n) is 5.91. The molecule has 130 valence electrons. The number of furan rings is 1. The second kappa shape index (κ2) is 6.68. The highest BCUT2D eigenvalue weighted by Gasteiger charge is 2.24. The summed E-state index contributed by atoms with van der Waals surface area (Å²) in [6, 6.07) is 9.07. The predicted molar refractivity (Wildman–Crippen MR) is 95.0 cm³/mol. The molecule has 0 saturated heterocycles. The van der Waals surface area contributed by atoms with Gasteiger partial charge in [-0.3, -0.25) is 4.79 Å². The molecule has 2 aromatic heterocycles. The van der Waals surface area contributed by atoms with E-state index in [1.165, 1.54) is 0 Å². The molecular weight excluding hydrogens is 340 g/mol. The minimum absolute atomic E-state index is 0.196. The summed E-state index contributed by atoms with van der Waals surface area (Å²) in [7, 11) is 0. The van der Waals surface area contributed by atoms with Crippen molar-refractivity contribution in [1.82, 2.24) is 10.3 Å². The first-order valence-corrected chi connectivity index (χ1v) is 8.68. The van der Waals surface area contributed by atoms with Gasteiger partial charge in [0.1, 0.15) is 21.2 Å². The third kappa shape index (κ3) is 3.41. The number of aromatic nitrogens is 1. The van der Waals surface area contributed by atoms with Gasteiger partial charge in [0.05, 0.1) is 17.7 Å². The van der Waals surface area contributed by atoms with Crippen molar-refractivity contribution in [3.8, 4) is 0 Å². The molecule has 3 aromatic rings. The Morgan fingerprint density at radius 1 is 1.28 bits per heavy atom. The maximum absolute atomic E-state index is 12.5. The summed E-state index contributed by atoms with van der Waals surface area (Å²) < 4.78 is 5.74. The van der Waals surface area contributed by atoms with Gasteiger partial charge in [0.2, 0.25) is 5.91 Å². The molecule has 3 rings (SSSR count). The van der Waals surface area contributed by atoms with Gasteiger partial charge in [-0.2, -0.15) is 0 Å². The van der Waals surface area contributed by atoms with Crippen molar-refractivity contribution in [2.45, 2.75) is 32.7 Å². The van der Waals surface area contributed by atoms with Crippen LogP contribution < -0.4 is 5.32 Å². The number of amides is 1. The standard InChI is InChI=1S/C18H18N2O4S/c1-9(14-8-12-6-4-5-7-13(12)24-14)16(21)19-11(3)17-20-10(2)15(25-17)18(22)23/h4-9,11H,1-3H3,(H,19,21)(H,22,23). The average Bonchev–Trinajstić information content (AvgIpc) is 3.17. The van der Waals surface area contributed by atoms with E-state index in [0.717, 1.165) is 22.3 Å². The number of carboxylic acids is 1. The molecule has 7 heteroatoms. The third-order valence-corrected chi connectivity index (χ3v) is 5.33. The van der Waals surface area contributed by atoms with E-state index >= 15 is 0 Å². The Bertz CT molecular complexity index is 911. The monoisotopic (exact) mass is 358 g/mol. The molecule has 0 aliphatic rings. The lowest BCUT2D eigenvalue weighted by atomic mass is 10.1. The SMILES string of the molecule is Cc1nc(C(C)NC(=O)C(C)c2cc3ccccc3o2)sc1C(=O)O. The Morgan fingerprint density at radius 2 is 2.00 bits per heavy atom. The van der Waals surface area contributed by atoms with Crippen molar-refractivity contribution >= 4 is 34.2 Å². The van der Waals surface area contributed by atoms with E-state index in [2.05, 4.69) is 10.3 Å². The number of para-hydroxylation sites is 1. The quantitative estimate of drug-likeness (QED) is 0.722. The third-order valence-electron chi connectivity index (χ3n) is 4.00. The van der Waals surface area contributed by atoms with E-state index in [1.54, 1.807) is 20.8 Å². The van der Waals surface area contributed by atoms with Crippen LogP contribution in [0.1, 0.15) is 51.9 Å². The average molecular weight is 358 g/mol. The zero-order chi connectivity index (χ0) is 18.1. The number of fused-ring (bicyclic) bond motifs is 1.